The van der Waals surface area contributed by atoms with Crippen molar-refractivity contribution in [2.45, 2.75) is 38.1 Å². The average molecular weight is 337 g/mol. The molecule has 2 heterocycles. The first-order valence-corrected chi connectivity index (χ1v) is 9.37. The van der Waals surface area contributed by atoms with Gasteiger partial charge in [0.2, 0.25) is 0 Å². The van der Waals surface area contributed by atoms with Crippen molar-refractivity contribution in [3.05, 3.63) is 53.6 Å². The van der Waals surface area contributed by atoms with Crippen LogP contribution in [-0.4, -0.2) is 29.7 Å². The average Bonchev–Trinajstić information content (AvgIpc) is 3.21. The van der Waals surface area contributed by atoms with Crippen molar-refractivity contribution in [3.63, 3.8) is 0 Å². The van der Waals surface area contributed by atoms with Crippen molar-refractivity contribution >= 4 is 11.3 Å². The molecule has 0 amide bonds. The number of nitrogens with one attached hydrogen (secondary N) is 4. The zero-order valence-electron chi connectivity index (χ0n) is 14.6. The van der Waals surface area contributed by atoms with Gasteiger partial charge in [-0.05, 0) is 49.0 Å². The normalized spacial score (nSPS) is 18.8. The number of imidazole rings is 1. The maximum atomic E-state index is 4.32. The van der Waals surface area contributed by atoms with Crippen LogP contribution in [0.5, 0.6) is 0 Å². The zero-order chi connectivity index (χ0) is 16.9. The van der Waals surface area contributed by atoms with Gasteiger partial charge in [0, 0.05) is 49.3 Å². The van der Waals surface area contributed by atoms with Crippen LogP contribution in [-0.2, 0) is 6.54 Å². The molecule has 5 nitrogen and oxygen atoms in total. The Kier molecular flexibility index (Phi) is 5.14. The molecule has 2 aromatic rings. The van der Waals surface area contributed by atoms with E-state index in [1.54, 1.807) is 6.20 Å². The molecule has 1 aliphatic heterocycles. The highest BCUT2D eigenvalue weighted by Crippen LogP contribution is 2.34. The van der Waals surface area contributed by atoms with E-state index < -0.39 is 0 Å². The molecule has 0 saturated carbocycles. The summed E-state index contributed by atoms with van der Waals surface area (Å²) in [6.07, 6.45) is 11.1. The van der Waals surface area contributed by atoms with Crippen LogP contribution in [0.4, 0.5) is 5.69 Å². The van der Waals surface area contributed by atoms with E-state index in [0.29, 0.717) is 5.92 Å². The molecule has 1 fully saturated rings. The molecule has 0 unspecified atom stereocenters. The Labute approximate surface area is 149 Å². The van der Waals surface area contributed by atoms with E-state index in [-0.39, 0.29) is 0 Å². The molecule has 5 heteroatoms. The van der Waals surface area contributed by atoms with Gasteiger partial charge in [0.1, 0.15) is 5.82 Å². The molecule has 1 saturated heterocycles. The first kappa shape index (κ1) is 16.4. The molecule has 1 aromatic carbocycles. The Morgan fingerprint density at radius 2 is 2.08 bits per heavy atom. The van der Waals surface area contributed by atoms with Crippen LogP contribution in [0.15, 0.2) is 36.7 Å². The molecule has 1 aromatic heterocycles. The lowest BCUT2D eigenvalue weighted by atomic mass is 9.88. The molecule has 1 aliphatic carbocycles. The van der Waals surface area contributed by atoms with Gasteiger partial charge in [-0.1, -0.05) is 12.1 Å². The maximum Gasteiger partial charge on any atom is 0.125 e. The van der Waals surface area contributed by atoms with Crippen molar-refractivity contribution in [2.24, 2.45) is 0 Å². The fourth-order valence-electron chi connectivity index (χ4n) is 3.78. The molecule has 4 rings (SSSR count). The molecule has 4 N–H and O–H groups in total. The Hall–Kier alpha value is -2.11. The monoisotopic (exact) mass is 337 g/mol. The second kappa shape index (κ2) is 7.85. The van der Waals surface area contributed by atoms with E-state index in [0.717, 1.165) is 32.1 Å². The first-order valence-electron chi connectivity index (χ1n) is 9.37. The van der Waals surface area contributed by atoms with Crippen molar-refractivity contribution in [1.82, 2.24) is 20.6 Å². The highest BCUT2D eigenvalue weighted by molar-refractivity contribution is 5.77. The third kappa shape index (κ3) is 3.94. The van der Waals surface area contributed by atoms with Crippen molar-refractivity contribution in [2.75, 3.05) is 25.1 Å². The number of nitrogens with zero attached hydrogens (tertiary/aromatic N) is 1. The third-order valence-corrected chi connectivity index (χ3v) is 5.18. The minimum Gasteiger partial charge on any atom is -0.377 e. The SMILES string of the molecule is C1=C(c2cc(C3CNCNC3)ccc2NCc2ncc[nH]2)CCCC1. The smallest absolute Gasteiger partial charge is 0.125 e. The lowest BCUT2D eigenvalue weighted by Crippen LogP contribution is -2.42. The topological polar surface area (TPSA) is 64.8 Å². The van der Waals surface area contributed by atoms with Crippen LogP contribution < -0.4 is 16.0 Å². The number of rotatable bonds is 5. The molecule has 0 bridgehead atoms. The van der Waals surface area contributed by atoms with Gasteiger partial charge in [-0.3, -0.25) is 0 Å². The fourth-order valence-corrected chi connectivity index (χ4v) is 3.78. The quantitative estimate of drug-likeness (QED) is 0.676. The zero-order valence-corrected chi connectivity index (χ0v) is 14.6. The maximum absolute atomic E-state index is 4.32. The van der Waals surface area contributed by atoms with Gasteiger partial charge < -0.3 is 20.9 Å². The second-order valence-corrected chi connectivity index (χ2v) is 6.95. The summed E-state index contributed by atoms with van der Waals surface area (Å²) in [5.41, 5.74) is 5.50. The van der Waals surface area contributed by atoms with Crippen molar-refractivity contribution < 1.29 is 0 Å². The number of aromatic nitrogens is 2. The minimum atomic E-state index is 0.538. The van der Waals surface area contributed by atoms with E-state index in [2.05, 4.69) is 50.2 Å². The molecular weight excluding hydrogens is 310 g/mol. The Morgan fingerprint density at radius 3 is 2.84 bits per heavy atom. The number of allylic oxidation sites excluding steroid dienone is 2. The van der Waals surface area contributed by atoms with Gasteiger partial charge in [0.25, 0.3) is 0 Å². The van der Waals surface area contributed by atoms with Crippen LogP contribution >= 0.6 is 0 Å². The van der Waals surface area contributed by atoms with E-state index in [1.807, 2.05) is 6.20 Å². The van der Waals surface area contributed by atoms with Crippen LogP contribution in [0, 0.1) is 0 Å². The Bertz CT molecular complexity index is 714. The van der Waals surface area contributed by atoms with E-state index in [9.17, 15) is 0 Å². The van der Waals surface area contributed by atoms with E-state index in [1.165, 1.54) is 48.1 Å². The Morgan fingerprint density at radius 1 is 1.16 bits per heavy atom. The van der Waals surface area contributed by atoms with Crippen LogP contribution in [0.25, 0.3) is 5.57 Å². The largest absolute Gasteiger partial charge is 0.377 e. The summed E-state index contributed by atoms with van der Waals surface area (Å²) in [5, 5.41) is 10.5. The predicted octanol–water partition coefficient (Wildman–Crippen LogP) is 3.21. The van der Waals surface area contributed by atoms with Gasteiger partial charge in [-0.2, -0.15) is 0 Å². The fraction of sp³-hybridized carbons (Fsp3) is 0.450. The summed E-state index contributed by atoms with van der Waals surface area (Å²) >= 11 is 0. The van der Waals surface area contributed by atoms with Gasteiger partial charge >= 0.3 is 0 Å². The highest BCUT2D eigenvalue weighted by Gasteiger charge is 2.18. The van der Waals surface area contributed by atoms with Crippen LogP contribution in [0.1, 0.15) is 48.6 Å². The van der Waals surface area contributed by atoms with Crippen LogP contribution in [0.3, 0.4) is 0 Å². The van der Waals surface area contributed by atoms with E-state index >= 15 is 0 Å². The lowest BCUT2D eigenvalue weighted by molar-refractivity contribution is 0.447. The van der Waals surface area contributed by atoms with Crippen LogP contribution in [0.2, 0.25) is 0 Å². The summed E-state index contributed by atoms with van der Waals surface area (Å²) in [6, 6.07) is 6.93. The number of benzene rings is 1. The number of hydrogen-bond acceptors (Lipinski definition) is 4. The molecule has 0 atom stereocenters. The summed E-state index contributed by atoms with van der Waals surface area (Å²) in [5.74, 6) is 1.50. The predicted molar refractivity (Wildman–Crippen MR) is 102 cm³/mol. The van der Waals surface area contributed by atoms with Crippen molar-refractivity contribution in [1.29, 1.82) is 0 Å². The van der Waals surface area contributed by atoms with Gasteiger partial charge in [0.15, 0.2) is 0 Å². The Balaban J connectivity index is 1.60. The summed E-state index contributed by atoms with van der Waals surface area (Å²) in [6.45, 7) is 3.73. The summed E-state index contributed by atoms with van der Waals surface area (Å²) < 4.78 is 0. The molecule has 0 radical (unpaired) electrons. The number of hydrogen-bond donors (Lipinski definition) is 4. The summed E-state index contributed by atoms with van der Waals surface area (Å²) in [7, 11) is 0. The molecule has 132 valence electrons. The van der Waals surface area contributed by atoms with Crippen molar-refractivity contribution in [3.8, 4) is 0 Å². The standard InChI is InChI=1S/C20H27N5/c1-2-4-15(5-3-1)18-10-16(17-11-21-14-22-12-17)6-7-19(18)25-13-20-23-8-9-24-20/h4,6-10,17,21-22,25H,1-3,5,11-14H2,(H,23,24). The number of H-pyrrole nitrogens is 1. The van der Waals surface area contributed by atoms with Gasteiger partial charge in [-0.25, -0.2) is 4.98 Å². The summed E-state index contributed by atoms with van der Waals surface area (Å²) in [4.78, 5) is 7.48. The highest BCUT2D eigenvalue weighted by atomic mass is 15.1. The third-order valence-electron chi connectivity index (χ3n) is 5.18. The lowest BCUT2D eigenvalue weighted by Gasteiger charge is -2.26. The second-order valence-electron chi connectivity index (χ2n) is 6.95. The molecule has 0 spiro atoms. The van der Waals surface area contributed by atoms with Gasteiger partial charge in [-0.15, -0.1) is 0 Å². The number of aromatic amines is 1. The number of anilines is 1. The molecular formula is C20H27N5. The van der Waals surface area contributed by atoms with Gasteiger partial charge in [0.05, 0.1) is 6.54 Å². The molecule has 25 heavy (non-hydrogen) atoms. The first-order chi connectivity index (χ1) is 12.4. The molecule has 2 aliphatic rings. The van der Waals surface area contributed by atoms with E-state index in [4.69, 9.17) is 0 Å². The minimum absolute atomic E-state index is 0.538.